The summed E-state index contributed by atoms with van der Waals surface area (Å²) in [7, 11) is 1.49. The van der Waals surface area contributed by atoms with E-state index >= 15 is 0 Å². The lowest BCUT2D eigenvalue weighted by molar-refractivity contribution is -0.167. The van der Waals surface area contributed by atoms with E-state index in [0.29, 0.717) is 64.8 Å². The highest BCUT2D eigenvalue weighted by Crippen LogP contribution is 2.68. The maximum Gasteiger partial charge on any atom is 0.305 e. The molecule has 4 saturated carbocycles. The van der Waals surface area contributed by atoms with Crippen LogP contribution in [0.3, 0.4) is 0 Å². The molecule has 0 bridgehead atoms. The summed E-state index contributed by atoms with van der Waals surface area (Å²) in [5.74, 6) is 3.59. The highest BCUT2D eigenvalue weighted by molar-refractivity contribution is 5.69. The topological polar surface area (TPSA) is 58.6 Å². The summed E-state index contributed by atoms with van der Waals surface area (Å²) >= 11 is 0. The molecular formula is C28H49NO3. The molecule has 2 N–H and O–H groups in total. The molecule has 10 atom stereocenters. The summed E-state index contributed by atoms with van der Waals surface area (Å²) in [5.41, 5.74) is 0.715. The van der Waals surface area contributed by atoms with Crippen LogP contribution in [-0.2, 0) is 9.53 Å². The third-order valence-corrected chi connectivity index (χ3v) is 11.0. The van der Waals surface area contributed by atoms with Gasteiger partial charge in [0.1, 0.15) is 0 Å². The van der Waals surface area contributed by atoms with Gasteiger partial charge in [-0.05, 0) is 104 Å². The fourth-order valence-corrected chi connectivity index (χ4v) is 9.47. The van der Waals surface area contributed by atoms with Crippen LogP contribution in [0.1, 0.15) is 98.8 Å². The summed E-state index contributed by atoms with van der Waals surface area (Å²) in [5, 5.41) is 15.3. The van der Waals surface area contributed by atoms with Gasteiger partial charge in [-0.2, -0.15) is 0 Å². The Morgan fingerprint density at radius 3 is 2.41 bits per heavy atom. The fraction of sp³-hybridized carbons (Fsp3) is 0.964. The SMILES string of the molecule is COC(=O)CC[C@@H](C)[C@H]1CC[C@H]2[C@@H]3C(O)C[C@@H]4CC(NC(C)C)CC[C@]4(C)[C@H]3CC[C@]12C. The van der Waals surface area contributed by atoms with Crippen molar-refractivity contribution in [1.29, 1.82) is 0 Å². The molecular weight excluding hydrogens is 398 g/mol. The fourth-order valence-electron chi connectivity index (χ4n) is 9.47. The van der Waals surface area contributed by atoms with E-state index in [1.807, 2.05) is 0 Å². The van der Waals surface area contributed by atoms with Gasteiger partial charge in [-0.3, -0.25) is 4.79 Å². The zero-order valence-corrected chi connectivity index (χ0v) is 21.5. The molecule has 4 heteroatoms. The first-order valence-electron chi connectivity index (χ1n) is 13.6. The van der Waals surface area contributed by atoms with Crippen LogP contribution in [0.2, 0.25) is 0 Å². The molecule has 4 fully saturated rings. The summed E-state index contributed by atoms with van der Waals surface area (Å²) < 4.78 is 4.89. The molecule has 32 heavy (non-hydrogen) atoms. The van der Waals surface area contributed by atoms with Crippen molar-refractivity contribution in [1.82, 2.24) is 5.32 Å². The zero-order chi connectivity index (χ0) is 23.3. The third kappa shape index (κ3) is 4.17. The largest absolute Gasteiger partial charge is 0.469 e. The van der Waals surface area contributed by atoms with Gasteiger partial charge in [-0.1, -0.05) is 34.6 Å². The maximum atomic E-state index is 11.7. The number of esters is 1. The number of aliphatic hydroxyl groups excluding tert-OH is 1. The van der Waals surface area contributed by atoms with Gasteiger partial charge >= 0.3 is 5.97 Å². The molecule has 4 nitrogen and oxygen atoms in total. The highest BCUT2D eigenvalue weighted by Gasteiger charge is 2.62. The molecule has 0 aliphatic heterocycles. The smallest absolute Gasteiger partial charge is 0.305 e. The number of ether oxygens (including phenoxy) is 1. The molecule has 0 aromatic rings. The molecule has 0 aromatic carbocycles. The second-order valence-corrected chi connectivity index (χ2v) is 12.9. The van der Waals surface area contributed by atoms with Crippen molar-refractivity contribution in [3.05, 3.63) is 0 Å². The monoisotopic (exact) mass is 447 g/mol. The molecule has 0 spiro atoms. The highest BCUT2D eigenvalue weighted by atomic mass is 16.5. The molecule has 184 valence electrons. The summed E-state index contributed by atoms with van der Waals surface area (Å²) in [6.45, 7) is 12.0. The quantitative estimate of drug-likeness (QED) is 0.523. The number of carbonyl (C=O) groups is 1. The first-order chi connectivity index (χ1) is 15.1. The number of carbonyl (C=O) groups excluding carboxylic acids is 1. The van der Waals surface area contributed by atoms with Crippen LogP contribution in [0.15, 0.2) is 0 Å². The predicted octanol–water partition coefficient (Wildman–Crippen LogP) is 5.57. The summed E-state index contributed by atoms with van der Waals surface area (Å²) in [6.07, 6.45) is 11.3. The van der Waals surface area contributed by atoms with Gasteiger partial charge < -0.3 is 15.2 Å². The van der Waals surface area contributed by atoms with E-state index in [1.165, 1.54) is 52.1 Å². The van der Waals surface area contributed by atoms with E-state index in [9.17, 15) is 9.90 Å². The predicted molar refractivity (Wildman–Crippen MR) is 129 cm³/mol. The average Bonchev–Trinajstić information content (AvgIpc) is 3.09. The third-order valence-electron chi connectivity index (χ3n) is 11.0. The van der Waals surface area contributed by atoms with Crippen molar-refractivity contribution < 1.29 is 14.6 Å². The lowest BCUT2D eigenvalue weighted by Gasteiger charge is -2.62. The lowest BCUT2D eigenvalue weighted by atomic mass is 9.43. The minimum atomic E-state index is -0.135. The molecule has 0 aromatic heterocycles. The van der Waals surface area contributed by atoms with Crippen molar-refractivity contribution in [2.75, 3.05) is 7.11 Å². The van der Waals surface area contributed by atoms with Gasteiger partial charge in [0.05, 0.1) is 13.2 Å². The van der Waals surface area contributed by atoms with E-state index in [2.05, 4.69) is 39.9 Å². The molecule has 0 saturated heterocycles. The van der Waals surface area contributed by atoms with Crippen LogP contribution >= 0.6 is 0 Å². The molecule has 2 unspecified atom stereocenters. The maximum absolute atomic E-state index is 11.7. The second-order valence-electron chi connectivity index (χ2n) is 12.9. The number of rotatable bonds is 6. The van der Waals surface area contributed by atoms with Crippen LogP contribution in [0.25, 0.3) is 0 Å². The molecule has 4 rings (SSSR count). The van der Waals surface area contributed by atoms with E-state index in [0.717, 1.165) is 12.8 Å². The first kappa shape index (κ1) is 24.5. The van der Waals surface area contributed by atoms with E-state index in [-0.39, 0.29) is 12.1 Å². The number of aliphatic hydroxyl groups is 1. The van der Waals surface area contributed by atoms with Crippen molar-refractivity contribution >= 4 is 5.97 Å². The zero-order valence-electron chi connectivity index (χ0n) is 21.5. The van der Waals surface area contributed by atoms with Crippen molar-refractivity contribution in [3.8, 4) is 0 Å². The average molecular weight is 448 g/mol. The lowest BCUT2D eigenvalue weighted by Crippen LogP contribution is -2.59. The Labute approximate surface area is 196 Å². The Kier molecular flexibility index (Phi) is 7.05. The Morgan fingerprint density at radius 1 is 1.03 bits per heavy atom. The van der Waals surface area contributed by atoms with E-state index < -0.39 is 0 Å². The minimum Gasteiger partial charge on any atom is -0.469 e. The van der Waals surface area contributed by atoms with Crippen LogP contribution in [0.4, 0.5) is 0 Å². The van der Waals surface area contributed by atoms with Gasteiger partial charge in [0.15, 0.2) is 0 Å². The van der Waals surface area contributed by atoms with Crippen molar-refractivity contribution in [3.63, 3.8) is 0 Å². The Balaban J connectivity index is 1.49. The first-order valence-corrected chi connectivity index (χ1v) is 13.6. The van der Waals surface area contributed by atoms with E-state index in [4.69, 9.17) is 4.74 Å². The summed E-state index contributed by atoms with van der Waals surface area (Å²) in [4.78, 5) is 11.7. The van der Waals surface area contributed by atoms with Crippen LogP contribution in [0.5, 0.6) is 0 Å². The molecule has 0 amide bonds. The number of methoxy groups -OCH3 is 1. The number of nitrogens with one attached hydrogen (secondary N) is 1. The van der Waals surface area contributed by atoms with Gasteiger partial charge in [-0.25, -0.2) is 0 Å². The molecule has 0 heterocycles. The number of hydrogen-bond donors (Lipinski definition) is 2. The van der Waals surface area contributed by atoms with Crippen molar-refractivity contribution in [2.24, 2.45) is 46.3 Å². The summed E-state index contributed by atoms with van der Waals surface area (Å²) in [6, 6.07) is 1.16. The van der Waals surface area contributed by atoms with Gasteiger partial charge in [0, 0.05) is 18.5 Å². The Morgan fingerprint density at radius 2 is 1.72 bits per heavy atom. The van der Waals surface area contributed by atoms with Crippen molar-refractivity contribution in [2.45, 2.75) is 117 Å². The molecule has 4 aliphatic carbocycles. The molecule has 4 aliphatic rings. The minimum absolute atomic E-state index is 0.0792. The second kappa shape index (κ2) is 9.21. The molecule has 0 radical (unpaired) electrons. The normalized spacial score (nSPS) is 46.8. The van der Waals surface area contributed by atoms with Gasteiger partial charge in [0.25, 0.3) is 0 Å². The Bertz CT molecular complexity index is 680. The van der Waals surface area contributed by atoms with Crippen LogP contribution < -0.4 is 5.32 Å². The van der Waals surface area contributed by atoms with Crippen LogP contribution in [0, 0.1) is 46.3 Å². The van der Waals surface area contributed by atoms with Gasteiger partial charge in [-0.15, -0.1) is 0 Å². The number of hydrogen-bond acceptors (Lipinski definition) is 4. The van der Waals surface area contributed by atoms with E-state index in [1.54, 1.807) is 0 Å². The standard InChI is InChI=1S/C28H49NO3/c1-17(2)29-20-11-13-27(4)19(15-20)16-24(30)26-22-9-8-21(18(3)7-10-25(31)32-6)28(22,5)14-12-23(26)27/h17-24,26,29-30H,7-16H2,1-6H3/t18-,19+,20?,21-,22+,23+,24?,26+,27+,28-/m1/s1. The van der Waals surface area contributed by atoms with Gasteiger partial charge in [0.2, 0.25) is 0 Å². The Hall–Kier alpha value is -0.610. The number of fused-ring (bicyclic) bond motifs is 5. The van der Waals surface area contributed by atoms with Crippen LogP contribution in [-0.4, -0.2) is 36.4 Å².